The van der Waals surface area contributed by atoms with Crippen LogP contribution in [0.4, 0.5) is 0 Å². The first-order valence-electron chi connectivity index (χ1n) is 10.1. The molecule has 1 spiro atoms. The fourth-order valence-corrected chi connectivity index (χ4v) is 4.98. The molecule has 2 atom stereocenters. The lowest BCUT2D eigenvalue weighted by atomic mass is 9.68. The monoisotopic (exact) mass is 440 g/mol. The van der Waals surface area contributed by atoms with Gasteiger partial charge in [-0.1, -0.05) is 53.5 Å². The summed E-state index contributed by atoms with van der Waals surface area (Å²) >= 11 is 12.1. The second-order valence-corrected chi connectivity index (χ2v) is 8.57. The Kier molecular flexibility index (Phi) is 5.86. The summed E-state index contributed by atoms with van der Waals surface area (Å²) in [5.74, 6) is -0.498. The Hall–Kier alpha value is -2.36. The van der Waals surface area contributed by atoms with Gasteiger partial charge in [-0.05, 0) is 73.2 Å². The van der Waals surface area contributed by atoms with E-state index in [0.29, 0.717) is 34.9 Å². The van der Waals surface area contributed by atoms with E-state index in [-0.39, 0.29) is 18.3 Å². The molecule has 1 fully saturated rings. The van der Waals surface area contributed by atoms with Crippen molar-refractivity contribution in [3.63, 3.8) is 0 Å². The molecule has 30 heavy (non-hydrogen) atoms. The molecule has 3 nitrogen and oxygen atoms in total. The van der Waals surface area contributed by atoms with Crippen LogP contribution in [0.1, 0.15) is 43.2 Å². The maximum absolute atomic E-state index is 13.8. The smallest absolute Gasteiger partial charge is 0.334 e. The van der Waals surface area contributed by atoms with E-state index in [2.05, 4.69) is 0 Å². The van der Waals surface area contributed by atoms with Crippen molar-refractivity contribution in [2.24, 2.45) is 5.41 Å². The Morgan fingerprint density at radius 2 is 1.73 bits per heavy atom. The summed E-state index contributed by atoms with van der Waals surface area (Å²) in [6.45, 7) is 2.05. The first-order valence-corrected chi connectivity index (χ1v) is 10.9. The molecule has 0 bridgehead atoms. The van der Waals surface area contributed by atoms with Gasteiger partial charge in [0, 0.05) is 21.5 Å². The summed E-state index contributed by atoms with van der Waals surface area (Å²) in [5, 5.41) is 1.29. The standard InChI is InChI=1S/C25H22Cl2O3/c1-2-30-24(29)22-12-11-21(17-5-9-20(27)10-6-17)25(22)14-13-18(23(25)28)15-16-3-7-19(26)8-4-16/h3-10,12,15,21H,2,11,13-14H2,1H3/b18-15+/t21-,25-/m1/s1. The number of hydrogen-bond acceptors (Lipinski definition) is 3. The molecular weight excluding hydrogens is 419 g/mol. The normalized spacial score (nSPS) is 24.5. The zero-order chi connectivity index (χ0) is 21.3. The zero-order valence-corrected chi connectivity index (χ0v) is 18.2. The Balaban J connectivity index is 1.75. The number of ketones is 1. The van der Waals surface area contributed by atoms with Crippen LogP contribution in [0.25, 0.3) is 6.08 Å². The van der Waals surface area contributed by atoms with Crippen LogP contribution >= 0.6 is 23.2 Å². The quantitative estimate of drug-likeness (QED) is 0.407. The van der Waals surface area contributed by atoms with E-state index in [9.17, 15) is 9.59 Å². The summed E-state index contributed by atoms with van der Waals surface area (Å²) in [5.41, 5.74) is 2.26. The van der Waals surface area contributed by atoms with Gasteiger partial charge in [0.2, 0.25) is 0 Å². The van der Waals surface area contributed by atoms with Crippen molar-refractivity contribution in [1.82, 2.24) is 0 Å². The average Bonchev–Trinajstić information content (AvgIpc) is 3.27. The van der Waals surface area contributed by atoms with Crippen molar-refractivity contribution in [3.05, 3.63) is 86.9 Å². The van der Waals surface area contributed by atoms with Crippen molar-refractivity contribution in [2.75, 3.05) is 6.61 Å². The van der Waals surface area contributed by atoms with E-state index in [4.69, 9.17) is 27.9 Å². The number of ether oxygens (including phenoxy) is 1. The van der Waals surface area contributed by atoms with Crippen molar-refractivity contribution in [1.29, 1.82) is 0 Å². The van der Waals surface area contributed by atoms with Crippen LogP contribution in [0, 0.1) is 5.41 Å². The number of carbonyl (C=O) groups excluding carboxylic acids is 2. The number of allylic oxidation sites excluding steroid dienone is 2. The molecule has 5 heteroatoms. The highest BCUT2D eigenvalue weighted by atomic mass is 35.5. The van der Waals surface area contributed by atoms with E-state index in [1.165, 1.54) is 0 Å². The second kappa shape index (κ2) is 8.41. The molecule has 4 rings (SSSR count). The SMILES string of the molecule is CCOC(=O)C1=CC[C@H](c2ccc(Cl)cc2)[C@]12CC/C(=C\c1ccc(Cl)cc1)C2=O. The van der Waals surface area contributed by atoms with Crippen LogP contribution in [-0.2, 0) is 14.3 Å². The van der Waals surface area contributed by atoms with E-state index in [0.717, 1.165) is 16.7 Å². The lowest BCUT2D eigenvalue weighted by molar-refractivity contribution is -0.141. The number of rotatable bonds is 4. The molecule has 0 N–H and O–H groups in total. The van der Waals surface area contributed by atoms with Gasteiger partial charge < -0.3 is 4.74 Å². The highest BCUT2D eigenvalue weighted by Crippen LogP contribution is 2.58. The molecule has 154 valence electrons. The fourth-order valence-electron chi connectivity index (χ4n) is 4.73. The number of hydrogen-bond donors (Lipinski definition) is 0. The maximum Gasteiger partial charge on any atom is 0.334 e. The number of esters is 1. The lowest BCUT2D eigenvalue weighted by Gasteiger charge is -2.32. The van der Waals surface area contributed by atoms with Gasteiger partial charge in [0.15, 0.2) is 5.78 Å². The van der Waals surface area contributed by atoms with Crippen LogP contribution in [0.5, 0.6) is 0 Å². The third kappa shape index (κ3) is 3.61. The number of Topliss-reactive ketones (excluding diaryl/α,β-unsaturated/α-hetero) is 1. The van der Waals surface area contributed by atoms with E-state index >= 15 is 0 Å². The molecule has 0 aromatic heterocycles. The predicted molar refractivity (Wildman–Crippen MR) is 120 cm³/mol. The zero-order valence-electron chi connectivity index (χ0n) is 16.7. The maximum atomic E-state index is 13.8. The molecule has 0 amide bonds. The number of halogens is 2. The molecule has 0 saturated heterocycles. The largest absolute Gasteiger partial charge is 0.463 e. The topological polar surface area (TPSA) is 43.4 Å². The summed E-state index contributed by atoms with van der Waals surface area (Å²) in [7, 11) is 0. The van der Waals surface area contributed by atoms with Gasteiger partial charge in [-0.25, -0.2) is 4.79 Å². The molecule has 1 saturated carbocycles. The summed E-state index contributed by atoms with van der Waals surface area (Å²) in [6, 6.07) is 14.9. The van der Waals surface area contributed by atoms with Crippen LogP contribution in [0.15, 0.2) is 65.8 Å². The predicted octanol–water partition coefficient (Wildman–Crippen LogP) is 6.40. The third-order valence-electron chi connectivity index (χ3n) is 6.10. The second-order valence-electron chi connectivity index (χ2n) is 7.70. The molecule has 0 unspecified atom stereocenters. The molecule has 2 aromatic carbocycles. The molecule has 2 aliphatic rings. The molecular formula is C25H22Cl2O3. The minimum Gasteiger partial charge on any atom is -0.463 e. The van der Waals surface area contributed by atoms with Crippen LogP contribution in [0.3, 0.4) is 0 Å². The van der Waals surface area contributed by atoms with Gasteiger partial charge in [-0.2, -0.15) is 0 Å². The van der Waals surface area contributed by atoms with Gasteiger partial charge in [-0.15, -0.1) is 0 Å². The minimum atomic E-state index is -0.891. The first kappa shape index (κ1) is 20.9. The Labute approximate surface area is 186 Å². The van der Waals surface area contributed by atoms with E-state index in [1.54, 1.807) is 19.1 Å². The van der Waals surface area contributed by atoms with Gasteiger partial charge >= 0.3 is 5.97 Å². The lowest BCUT2D eigenvalue weighted by Crippen LogP contribution is -2.35. The Morgan fingerprint density at radius 3 is 2.37 bits per heavy atom. The molecule has 0 aliphatic heterocycles. The van der Waals surface area contributed by atoms with Crippen molar-refractivity contribution >= 4 is 41.0 Å². The third-order valence-corrected chi connectivity index (χ3v) is 6.60. The van der Waals surface area contributed by atoms with Crippen LogP contribution < -0.4 is 0 Å². The highest BCUT2D eigenvalue weighted by molar-refractivity contribution is 6.30. The minimum absolute atomic E-state index is 0.00852. The van der Waals surface area contributed by atoms with Gasteiger partial charge in [0.25, 0.3) is 0 Å². The summed E-state index contributed by atoms with van der Waals surface area (Å²) < 4.78 is 5.32. The van der Waals surface area contributed by atoms with Gasteiger partial charge in [0.05, 0.1) is 12.0 Å². The molecule has 0 radical (unpaired) electrons. The van der Waals surface area contributed by atoms with Crippen molar-refractivity contribution in [3.8, 4) is 0 Å². The number of benzene rings is 2. The Morgan fingerprint density at radius 1 is 1.10 bits per heavy atom. The van der Waals surface area contributed by atoms with E-state index < -0.39 is 11.4 Å². The van der Waals surface area contributed by atoms with E-state index in [1.807, 2.05) is 48.6 Å². The number of carbonyl (C=O) groups is 2. The van der Waals surface area contributed by atoms with Crippen molar-refractivity contribution in [2.45, 2.75) is 32.1 Å². The summed E-state index contributed by atoms with van der Waals surface area (Å²) in [6.07, 6.45) is 5.62. The molecule has 0 heterocycles. The molecule has 2 aliphatic carbocycles. The van der Waals surface area contributed by atoms with Crippen LogP contribution in [-0.4, -0.2) is 18.4 Å². The highest BCUT2D eigenvalue weighted by Gasteiger charge is 2.57. The van der Waals surface area contributed by atoms with Crippen molar-refractivity contribution < 1.29 is 14.3 Å². The molecule has 2 aromatic rings. The first-order chi connectivity index (χ1) is 14.5. The fraction of sp³-hybridized carbons (Fsp3) is 0.280. The Bertz CT molecular complexity index is 1040. The average molecular weight is 441 g/mol. The van der Waals surface area contributed by atoms with Gasteiger partial charge in [-0.3, -0.25) is 4.79 Å². The van der Waals surface area contributed by atoms with Crippen LogP contribution in [0.2, 0.25) is 10.0 Å². The summed E-state index contributed by atoms with van der Waals surface area (Å²) in [4.78, 5) is 26.6. The van der Waals surface area contributed by atoms with Gasteiger partial charge in [0.1, 0.15) is 0 Å².